The SMILES string of the molecule is ClC(Br)=CCBr. The minimum atomic E-state index is 0.652. The molecule has 0 radical (unpaired) electrons. The molecule has 0 aromatic carbocycles. The van der Waals surface area contributed by atoms with E-state index in [4.69, 9.17) is 11.6 Å². The van der Waals surface area contributed by atoms with Crippen molar-refractivity contribution in [2.24, 2.45) is 0 Å². The first-order valence-electron chi connectivity index (χ1n) is 1.34. The quantitative estimate of drug-likeness (QED) is 0.612. The van der Waals surface area contributed by atoms with Gasteiger partial charge in [0.2, 0.25) is 0 Å². The zero-order chi connectivity index (χ0) is 4.99. The van der Waals surface area contributed by atoms with Crippen molar-refractivity contribution in [3.8, 4) is 0 Å². The van der Waals surface area contributed by atoms with Crippen LogP contribution in [0.3, 0.4) is 0 Å². The molecule has 36 valence electrons. The Hall–Kier alpha value is 0.990. The normalized spacial score (nSPS) is 12.2. The van der Waals surface area contributed by atoms with Crippen molar-refractivity contribution in [3.05, 3.63) is 10.0 Å². The first-order valence-corrected chi connectivity index (χ1v) is 3.63. The summed E-state index contributed by atoms with van der Waals surface area (Å²) in [6, 6.07) is 0. The van der Waals surface area contributed by atoms with Crippen LogP contribution in [-0.2, 0) is 0 Å². The average Bonchev–Trinajstić information content (AvgIpc) is 1.35. The van der Waals surface area contributed by atoms with E-state index < -0.39 is 0 Å². The maximum absolute atomic E-state index is 5.33. The van der Waals surface area contributed by atoms with Crippen LogP contribution in [0, 0.1) is 0 Å². The second kappa shape index (κ2) is 4.16. The predicted octanol–water partition coefficient (Wildman–Crippen LogP) is 2.86. The third kappa shape index (κ3) is 4.99. The largest absolute Gasteiger partial charge is 0.0882 e. The Morgan fingerprint density at radius 1 is 1.83 bits per heavy atom. The van der Waals surface area contributed by atoms with Crippen LogP contribution in [0.15, 0.2) is 10.0 Å². The van der Waals surface area contributed by atoms with Crippen molar-refractivity contribution in [2.45, 2.75) is 0 Å². The molecule has 0 fully saturated rings. The molecule has 0 aliphatic heterocycles. The second-order valence-electron chi connectivity index (χ2n) is 0.648. The zero-order valence-corrected chi connectivity index (χ0v) is 6.85. The monoisotopic (exact) mass is 232 g/mol. The lowest BCUT2D eigenvalue weighted by atomic mass is 10.8. The summed E-state index contributed by atoms with van der Waals surface area (Å²) in [6.45, 7) is 0. The van der Waals surface area contributed by atoms with Crippen LogP contribution < -0.4 is 0 Å². The van der Waals surface area contributed by atoms with E-state index in [-0.39, 0.29) is 0 Å². The molecule has 0 rings (SSSR count). The molecule has 0 atom stereocenters. The Bertz CT molecular complexity index is 55.8. The molecular formula is C3H3Br2Cl. The van der Waals surface area contributed by atoms with E-state index in [2.05, 4.69) is 31.9 Å². The Balaban J connectivity index is 3.14. The topological polar surface area (TPSA) is 0 Å². The number of allylic oxidation sites excluding steroid dienone is 1. The van der Waals surface area contributed by atoms with Crippen LogP contribution in [0.2, 0.25) is 0 Å². The Labute approximate surface area is 58.8 Å². The lowest BCUT2D eigenvalue weighted by molar-refractivity contribution is 1.84. The summed E-state index contributed by atoms with van der Waals surface area (Å²) in [7, 11) is 0. The lowest BCUT2D eigenvalue weighted by Gasteiger charge is -1.73. The van der Waals surface area contributed by atoms with Gasteiger partial charge in [0.25, 0.3) is 0 Å². The van der Waals surface area contributed by atoms with E-state index in [1.54, 1.807) is 0 Å². The number of hydrogen-bond acceptors (Lipinski definition) is 0. The molecule has 0 N–H and O–H groups in total. The fourth-order valence-corrected chi connectivity index (χ4v) is 1.24. The predicted molar refractivity (Wildman–Crippen MR) is 36.7 cm³/mol. The van der Waals surface area contributed by atoms with E-state index >= 15 is 0 Å². The third-order valence-electron chi connectivity index (χ3n) is 0.231. The van der Waals surface area contributed by atoms with E-state index in [9.17, 15) is 0 Å². The van der Waals surface area contributed by atoms with Gasteiger partial charge in [-0.25, -0.2) is 0 Å². The highest BCUT2D eigenvalue weighted by Gasteiger charge is 1.74. The van der Waals surface area contributed by atoms with Crippen LogP contribution in [0.4, 0.5) is 0 Å². The Morgan fingerprint density at radius 3 is 2.33 bits per heavy atom. The van der Waals surface area contributed by atoms with Gasteiger partial charge < -0.3 is 0 Å². The van der Waals surface area contributed by atoms with Gasteiger partial charge in [0.1, 0.15) is 0 Å². The first kappa shape index (κ1) is 6.99. The van der Waals surface area contributed by atoms with Gasteiger partial charge in [-0.1, -0.05) is 27.5 Å². The maximum atomic E-state index is 5.33. The van der Waals surface area contributed by atoms with Crippen molar-refractivity contribution in [3.63, 3.8) is 0 Å². The van der Waals surface area contributed by atoms with Gasteiger partial charge in [0.05, 0.1) is 3.94 Å². The maximum Gasteiger partial charge on any atom is 0.0802 e. The minimum Gasteiger partial charge on any atom is -0.0882 e. The van der Waals surface area contributed by atoms with Gasteiger partial charge in [-0.3, -0.25) is 0 Å². The molecule has 0 aliphatic carbocycles. The Morgan fingerprint density at radius 2 is 2.33 bits per heavy atom. The zero-order valence-electron chi connectivity index (χ0n) is 2.92. The molecule has 0 spiro atoms. The minimum absolute atomic E-state index is 0.652. The number of halogens is 3. The van der Waals surface area contributed by atoms with Gasteiger partial charge in [-0.2, -0.15) is 0 Å². The Kier molecular flexibility index (Phi) is 4.84. The number of hydrogen-bond donors (Lipinski definition) is 0. The van der Waals surface area contributed by atoms with Crippen LogP contribution >= 0.6 is 43.5 Å². The number of alkyl halides is 1. The number of rotatable bonds is 1. The molecule has 0 bridgehead atoms. The molecule has 0 aromatic heterocycles. The fourth-order valence-electron chi connectivity index (χ4n) is 0.0583. The molecule has 0 amide bonds. The summed E-state index contributed by atoms with van der Waals surface area (Å²) in [4.78, 5) is 0. The van der Waals surface area contributed by atoms with E-state index in [1.165, 1.54) is 0 Å². The third-order valence-corrected chi connectivity index (χ3v) is 1.03. The highest BCUT2D eigenvalue weighted by Crippen LogP contribution is 2.08. The highest BCUT2D eigenvalue weighted by molar-refractivity contribution is 9.12. The molecule has 0 aliphatic rings. The molecule has 0 heterocycles. The molecule has 6 heavy (non-hydrogen) atoms. The summed E-state index contributed by atoms with van der Waals surface area (Å²) in [5.41, 5.74) is 0. The van der Waals surface area contributed by atoms with Crippen molar-refractivity contribution in [1.29, 1.82) is 0 Å². The summed E-state index contributed by atoms with van der Waals surface area (Å²) in [6.07, 6.45) is 1.81. The highest BCUT2D eigenvalue weighted by atomic mass is 79.9. The first-order chi connectivity index (χ1) is 2.77. The van der Waals surface area contributed by atoms with E-state index in [0.717, 1.165) is 5.33 Å². The van der Waals surface area contributed by atoms with Crippen molar-refractivity contribution in [1.82, 2.24) is 0 Å². The molecule has 0 unspecified atom stereocenters. The van der Waals surface area contributed by atoms with E-state index in [0.29, 0.717) is 3.94 Å². The van der Waals surface area contributed by atoms with E-state index in [1.807, 2.05) is 6.08 Å². The van der Waals surface area contributed by atoms with Crippen LogP contribution in [-0.4, -0.2) is 5.33 Å². The van der Waals surface area contributed by atoms with Gasteiger partial charge in [-0.05, 0) is 22.0 Å². The smallest absolute Gasteiger partial charge is 0.0802 e. The molecule has 0 saturated carbocycles. The van der Waals surface area contributed by atoms with Crippen LogP contribution in [0.5, 0.6) is 0 Å². The fraction of sp³-hybridized carbons (Fsp3) is 0.333. The van der Waals surface area contributed by atoms with Gasteiger partial charge in [0.15, 0.2) is 0 Å². The standard InChI is InChI=1S/C3H3Br2Cl/c4-2-1-3(5)6/h1H,2H2. The average molecular weight is 234 g/mol. The van der Waals surface area contributed by atoms with Crippen LogP contribution in [0.1, 0.15) is 0 Å². The van der Waals surface area contributed by atoms with Gasteiger partial charge >= 0.3 is 0 Å². The van der Waals surface area contributed by atoms with Crippen LogP contribution in [0.25, 0.3) is 0 Å². The summed E-state index contributed by atoms with van der Waals surface area (Å²) in [5, 5.41) is 0.803. The summed E-state index contributed by atoms with van der Waals surface area (Å²) in [5.74, 6) is 0. The summed E-state index contributed by atoms with van der Waals surface area (Å²) < 4.78 is 0.652. The molecule has 0 aromatic rings. The van der Waals surface area contributed by atoms with Crippen molar-refractivity contribution >= 4 is 43.5 Å². The van der Waals surface area contributed by atoms with Crippen molar-refractivity contribution in [2.75, 3.05) is 5.33 Å². The lowest BCUT2D eigenvalue weighted by Crippen LogP contribution is -1.54. The van der Waals surface area contributed by atoms with Gasteiger partial charge in [0, 0.05) is 5.33 Å². The second-order valence-corrected chi connectivity index (χ2v) is 3.01. The van der Waals surface area contributed by atoms with Gasteiger partial charge in [-0.15, -0.1) is 0 Å². The molecule has 0 nitrogen and oxygen atoms in total. The summed E-state index contributed by atoms with van der Waals surface area (Å²) >= 11 is 11.5. The van der Waals surface area contributed by atoms with Crippen molar-refractivity contribution < 1.29 is 0 Å². The molecule has 0 saturated heterocycles. The molecular weight excluding hydrogens is 231 g/mol. The molecule has 3 heteroatoms.